The highest BCUT2D eigenvalue weighted by molar-refractivity contribution is 7.87. The summed E-state index contributed by atoms with van der Waals surface area (Å²) in [6.45, 7) is 1.00. The number of ether oxygens (including phenoxy) is 1. The molecule has 0 aliphatic carbocycles. The smallest absolute Gasteiger partial charge is 0.417 e. The van der Waals surface area contributed by atoms with Gasteiger partial charge in [-0.1, -0.05) is 22.3 Å². The SMILES string of the molecule is COc1ccc(NC(=O)N=S2CCN(c3ncc(C(F)(F)F)cc3Cl)CC2)cc1. The molecule has 2 amide bonds. The minimum atomic E-state index is -4.49. The summed E-state index contributed by atoms with van der Waals surface area (Å²) in [4.78, 5) is 17.8. The van der Waals surface area contributed by atoms with Gasteiger partial charge in [0.2, 0.25) is 0 Å². The summed E-state index contributed by atoms with van der Waals surface area (Å²) in [6, 6.07) is 7.35. The van der Waals surface area contributed by atoms with Crippen LogP contribution in [0.25, 0.3) is 0 Å². The number of pyridine rings is 1. The quantitative estimate of drug-likeness (QED) is 0.747. The van der Waals surface area contributed by atoms with E-state index in [2.05, 4.69) is 14.7 Å². The Bertz CT molecular complexity index is 912. The Morgan fingerprint density at radius 2 is 1.93 bits per heavy atom. The fourth-order valence-corrected chi connectivity index (χ4v) is 4.52. The second-order valence-corrected chi connectivity index (χ2v) is 8.47. The summed E-state index contributed by atoms with van der Waals surface area (Å²) >= 11 is 6.00. The van der Waals surface area contributed by atoms with Crippen LogP contribution in [0.2, 0.25) is 5.02 Å². The number of urea groups is 1. The van der Waals surface area contributed by atoms with E-state index in [9.17, 15) is 18.0 Å². The van der Waals surface area contributed by atoms with Crippen LogP contribution in [0.15, 0.2) is 40.9 Å². The van der Waals surface area contributed by atoms with Gasteiger partial charge >= 0.3 is 12.2 Å². The summed E-state index contributed by atoms with van der Waals surface area (Å²) in [5.41, 5.74) is -0.268. The lowest BCUT2D eigenvalue weighted by Crippen LogP contribution is -2.38. The Kier molecular flexibility index (Phi) is 6.63. The van der Waals surface area contributed by atoms with Gasteiger partial charge in [-0.3, -0.25) is 0 Å². The Morgan fingerprint density at radius 1 is 1.28 bits per heavy atom. The molecule has 6 nitrogen and oxygen atoms in total. The van der Waals surface area contributed by atoms with E-state index in [1.165, 1.54) is 0 Å². The zero-order valence-electron chi connectivity index (χ0n) is 15.4. The van der Waals surface area contributed by atoms with Gasteiger partial charge in [0.05, 0.1) is 17.7 Å². The molecule has 0 spiro atoms. The number of hydrogen-bond donors (Lipinski definition) is 1. The van der Waals surface area contributed by atoms with E-state index in [4.69, 9.17) is 16.3 Å². The van der Waals surface area contributed by atoms with Crippen LogP contribution in [0.4, 0.5) is 29.5 Å². The molecule has 29 heavy (non-hydrogen) atoms. The average Bonchev–Trinajstić information content (AvgIpc) is 2.68. The zero-order valence-corrected chi connectivity index (χ0v) is 16.9. The molecular weight excluding hydrogens is 429 g/mol. The fourth-order valence-electron chi connectivity index (χ4n) is 2.70. The number of carbonyl (C=O) groups is 1. The first-order valence-electron chi connectivity index (χ1n) is 8.58. The molecule has 2 aromatic rings. The van der Waals surface area contributed by atoms with Crippen LogP contribution in [0.5, 0.6) is 5.75 Å². The van der Waals surface area contributed by atoms with Gasteiger partial charge in [0.25, 0.3) is 0 Å². The molecule has 1 fully saturated rings. The molecule has 2 heterocycles. The Labute approximate surface area is 173 Å². The van der Waals surface area contributed by atoms with Crippen molar-refractivity contribution in [1.29, 1.82) is 0 Å². The van der Waals surface area contributed by atoms with Crippen LogP contribution in [-0.2, 0) is 16.9 Å². The molecule has 1 aliphatic heterocycles. The number of nitrogens with zero attached hydrogens (tertiary/aromatic N) is 3. The van der Waals surface area contributed by atoms with Crippen LogP contribution in [0.1, 0.15) is 5.56 Å². The first kappa shape index (κ1) is 21.4. The first-order valence-corrected chi connectivity index (χ1v) is 10.5. The van der Waals surface area contributed by atoms with Crippen molar-refractivity contribution in [3.05, 3.63) is 47.1 Å². The van der Waals surface area contributed by atoms with Crippen molar-refractivity contribution < 1.29 is 22.7 Å². The van der Waals surface area contributed by atoms with Crippen LogP contribution < -0.4 is 15.0 Å². The minimum absolute atomic E-state index is 0.0456. The molecule has 0 saturated carbocycles. The van der Waals surface area contributed by atoms with E-state index < -0.39 is 28.5 Å². The predicted octanol–water partition coefficient (Wildman–Crippen LogP) is 4.62. The maximum Gasteiger partial charge on any atom is 0.417 e. The number of aromatic nitrogens is 1. The van der Waals surface area contributed by atoms with Gasteiger partial charge in [-0.15, -0.1) is 0 Å². The molecule has 1 saturated heterocycles. The van der Waals surface area contributed by atoms with Crippen molar-refractivity contribution in [2.24, 2.45) is 4.36 Å². The number of hydrogen-bond acceptors (Lipinski definition) is 4. The molecule has 1 aliphatic rings. The number of nitrogens with one attached hydrogen (secondary N) is 1. The summed E-state index contributed by atoms with van der Waals surface area (Å²) in [6.07, 6.45) is -3.71. The molecule has 0 radical (unpaired) electrons. The molecule has 156 valence electrons. The number of benzene rings is 1. The number of carbonyl (C=O) groups excluding carboxylic acids is 1. The van der Waals surface area contributed by atoms with Crippen LogP contribution in [0, 0.1) is 0 Å². The molecule has 0 unspecified atom stereocenters. The number of anilines is 2. The normalized spacial score (nSPS) is 15.1. The van der Waals surface area contributed by atoms with Gasteiger partial charge in [-0.05, 0) is 30.3 Å². The standard InChI is InChI=1S/C18H18ClF3N4O2S/c1-28-14-4-2-13(3-5-14)24-17(27)25-29-8-6-26(7-9-29)16-15(19)10-12(11-23-16)18(20,21)22/h2-5,10-11H,6-9H2,1H3,(H,24,27). The lowest BCUT2D eigenvalue weighted by molar-refractivity contribution is -0.137. The molecule has 1 N–H and O–H groups in total. The lowest BCUT2D eigenvalue weighted by atomic mass is 10.2. The van der Waals surface area contributed by atoms with Gasteiger partial charge < -0.3 is 15.0 Å². The number of alkyl halides is 3. The third-order valence-corrected chi connectivity index (χ3v) is 6.21. The van der Waals surface area contributed by atoms with Crippen molar-refractivity contribution in [2.45, 2.75) is 6.18 Å². The molecule has 0 bridgehead atoms. The summed E-state index contributed by atoms with van der Waals surface area (Å²) in [5.74, 6) is 2.18. The summed E-state index contributed by atoms with van der Waals surface area (Å²) < 4.78 is 47.5. The molecular formula is C18H18ClF3N4O2S. The third-order valence-electron chi connectivity index (χ3n) is 4.20. The van der Waals surface area contributed by atoms with E-state index in [-0.39, 0.29) is 5.02 Å². The van der Waals surface area contributed by atoms with Gasteiger partial charge in [0.1, 0.15) is 11.6 Å². The monoisotopic (exact) mass is 446 g/mol. The van der Waals surface area contributed by atoms with Crippen molar-refractivity contribution in [3.63, 3.8) is 0 Å². The average molecular weight is 447 g/mol. The Hall–Kier alpha value is -2.33. The first-order chi connectivity index (χ1) is 13.8. The molecule has 0 atom stereocenters. The van der Waals surface area contributed by atoms with E-state index >= 15 is 0 Å². The molecule has 1 aromatic carbocycles. The van der Waals surface area contributed by atoms with Crippen molar-refractivity contribution in [1.82, 2.24) is 4.98 Å². The maximum atomic E-state index is 12.7. The summed E-state index contributed by atoms with van der Waals surface area (Å²) in [5, 5.41) is 2.66. The maximum absolute atomic E-state index is 12.7. The van der Waals surface area contributed by atoms with Crippen LogP contribution in [-0.4, -0.2) is 42.7 Å². The molecule has 3 rings (SSSR count). The highest BCUT2D eigenvalue weighted by atomic mass is 35.5. The van der Waals surface area contributed by atoms with Gasteiger partial charge in [-0.25, -0.2) is 9.78 Å². The Morgan fingerprint density at radius 3 is 2.48 bits per heavy atom. The molecule has 1 aromatic heterocycles. The third kappa shape index (κ3) is 5.60. The van der Waals surface area contributed by atoms with E-state index in [1.54, 1.807) is 31.4 Å². The topological polar surface area (TPSA) is 66.8 Å². The van der Waals surface area contributed by atoms with Gasteiger partial charge in [0, 0.05) is 36.5 Å². The largest absolute Gasteiger partial charge is 0.497 e. The van der Waals surface area contributed by atoms with Gasteiger partial charge in [-0.2, -0.15) is 17.5 Å². The predicted molar refractivity (Wildman–Crippen MR) is 108 cm³/mol. The summed E-state index contributed by atoms with van der Waals surface area (Å²) in [7, 11) is 1.08. The zero-order chi connectivity index (χ0) is 21.0. The lowest BCUT2D eigenvalue weighted by Gasteiger charge is -2.29. The number of halogens is 4. The van der Waals surface area contributed by atoms with Gasteiger partial charge in [0.15, 0.2) is 0 Å². The minimum Gasteiger partial charge on any atom is -0.497 e. The van der Waals surface area contributed by atoms with E-state index in [0.717, 1.165) is 12.3 Å². The fraction of sp³-hybridized carbons (Fsp3) is 0.333. The highest BCUT2D eigenvalue weighted by Gasteiger charge is 2.32. The number of rotatable bonds is 3. The second kappa shape index (κ2) is 9.00. The Balaban J connectivity index is 1.59. The van der Waals surface area contributed by atoms with Crippen LogP contribution >= 0.6 is 11.6 Å². The van der Waals surface area contributed by atoms with E-state index in [0.29, 0.717) is 41.8 Å². The second-order valence-electron chi connectivity index (χ2n) is 6.13. The van der Waals surface area contributed by atoms with Crippen molar-refractivity contribution in [3.8, 4) is 5.75 Å². The van der Waals surface area contributed by atoms with E-state index in [1.807, 2.05) is 4.90 Å². The number of amides is 2. The highest BCUT2D eigenvalue weighted by Crippen LogP contribution is 2.33. The van der Waals surface area contributed by atoms with Crippen molar-refractivity contribution in [2.75, 3.05) is 41.9 Å². The molecule has 11 heteroatoms. The number of methoxy groups -OCH3 is 1. The van der Waals surface area contributed by atoms with Crippen LogP contribution in [0.3, 0.4) is 0 Å². The van der Waals surface area contributed by atoms with Crippen molar-refractivity contribution >= 4 is 39.8 Å².